The van der Waals surface area contributed by atoms with Gasteiger partial charge in [0.05, 0.1) is 0 Å². The summed E-state index contributed by atoms with van der Waals surface area (Å²) in [5.74, 6) is 2.14. The lowest BCUT2D eigenvalue weighted by Gasteiger charge is -2.40. The van der Waals surface area contributed by atoms with Crippen molar-refractivity contribution < 1.29 is 0 Å². The van der Waals surface area contributed by atoms with Crippen molar-refractivity contribution >= 4 is 11.8 Å². The van der Waals surface area contributed by atoms with Crippen molar-refractivity contribution in [2.75, 3.05) is 12.3 Å². The van der Waals surface area contributed by atoms with Crippen LogP contribution in [-0.2, 0) is 6.42 Å². The summed E-state index contributed by atoms with van der Waals surface area (Å²) in [6.07, 6.45) is 5.38. The molecule has 1 aliphatic carbocycles. The van der Waals surface area contributed by atoms with Gasteiger partial charge in [0.15, 0.2) is 0 Å². The van der Waals surface area contributed by atoms with E-state index in [1.807, 2.05) is 0 Å². The first kappa shape index (κ1) is 13.5. The van der Waals surface area contributed by atoms with Crippen LogP contribution in [0.5, 0.6) is 0 Å². The molecule has 0 bridgehead atoms. The van der Waals surface area contributed by atoms with Crippen molar-refractivity contribution in [2.45, 2.75) is 56.2 Å². The molecular weight excluding hydrogens is 250 g/mol. The van der Waals surface area contributed by atoms with Crippen LogP contribution in [0.3, 0.4) is 0 Å². The molecule has 1 aromatic carbocycles. The zero-order valence-electron chi connectivity index (χ0n) is 12.1. The Labute approximate surface area is 121 Å². The number of hydrogen-bond acceptors (Lipinski definition) is 2. The van der Waals surface area contributed by atoms with E-state index in [1.54, 1.807) is 11.1 Å². The minimum absolute atomic E-state index is 0.459. The fourth-order valence-corrected chi connectivity index (χ4v) is 5.15. The van der Waals surface area contributed by atoms with Crippen molar-refractivity contribution in [1.82, 2.24) is 5.32 Å². The summed E-state index contributed by atoms with van der Waals surface area (Å²) in [5, 5.41) is 3.77. The van der Waals surface area contributed by atoms with E-state index in [-0.39, 0.29) is 0 Å². The van der Waals surface area contributed by atoms with Gasteiger partial charge in [0.2, 0.25) is 0 Å². The molecule has 2 aliphatic rings. The first-order valence-corrected chi connectivity index (χ1v) is 8.66. The second-order valence-electron chi connectivity index (χ2n) is 6.21. The summed E-state index contributed by atoms with van der Waals surface area (Å²) in [7, 11) is 0. The molecule has 1 nitrogen and oxygen atoms in total. The van der Waals surface area contributed by atoms with E-state index in [9.17, 15) is 0 Å². The van der Waals surface area contributed by atoms with Crippen LogP contribution in [0.15, 0.2) is 24.3 Å². The van der Waals surface area contributed by atoms with Crippen molar-refractivity contribution in [1.29, 1.82) is 0 Å². The van der Waals surface area contributed by atoms with E-state index in [4.69, 9.17) is 0 Å². The molecule has 1 aromatic rings. The van der Waals surface area contributed by atoms with Gasteiger partial charge in [-0.05, 0) is 61.9 Å². The van der Waals surface area contributed by atoms with Crippen molar-refractivity contribution in [2.24, 2.45) is 0 Å². The number of hydrogen-bond donors (Lipinski definition) is 1. The lowest BCUT2D eigenvalue weighted by atomic mass is 9.72. The first-order chi connectivity index (χ1) is 9.23. The van der Waals surface area contributed by atoms with Crippen molar-refractivity contribution in [3.8, 4) is 0 Å². The summed E-state index contributed by atoms with van der Waals surface area (Å²) in [6, 6.07) is 9.66. The Balaban J connectivity index is 1.70. The molecule has 3 unspecified atom stereocenters. The predicted molar refractivity (Wildman–Crippen MR) is 85.1 cm³/mol. The summed E-state index contributed by atoms with van der Waals surface area (Å²) in [5.41, 5.74) is 3.18. The highest BCUT2D eigenvalue weighted by Crippen LogP contribution is 2.46. The van der Waals surface area contributed by atoms with Gasteiger partial charge >= 0.3 is 0 Å². The Bertz CT molecular complexity index is 437. The van der Waals surface area contributed by atoms with Gasteiger partial charge in [-0.15, -0.1) is 0 Å². The summed E-state index contributed by atoms with van der Waals surface area (Å²) in [4.78, 5) is 0. The maximum atomic E-state index is 3.77. The lowest BCUT2D eigenvalue weighted by Crippen LogP contribution is -2.47. The third-order valence-electron chi connectivity index (χ3n) is 4.92. The summed E-state index contributed by atoms with van der Waals surface area (Å²) < 4.78 is 0.459. The van der Waals surface area contributed by atoms with E-state index < -0.39 is 0 Å². The molecule has 3 atom stereocenters. The lowest BCUT2D eigenvalue weighted by molar-refractivity contribution is 0.350. The molecule has 0 aromatic heterocycles. The van der Waals surface area contributed by atoms with Crippen molar-refractivity contribution in [3.63, 3.8) is 0 Å². The molecule has 1 saturated heterocycles. The first-order valence-electron chi connectivity index (χ1n) is 7.68. The van der Waals surface area contributed by atoms with E-state index in [0.29, 0.717) is 10.8 Å². The molecular formula is C17H25NS. The zero-order valence-corrected chi connectivity index (χ0v) is 12.9. The number of fused-ring (bicyclic) bond motifs is 1. The molecule has 104 valence electrons. The fraction of sp³-hybridized carbons (Fsp3) is 0.647. The third kappa shape index (κ3) is 2.57. The normalized spacial score (nSPS) is 30.7. The van der Waals surface area contributed by atoms with E-state index in [0.717, 1.165) is 12.5 Å². The second kappa shape index (κ2) is 5.49. The Morgan fingerprint density at radius 3 is 2.95 bits per heavy atom. The number of rotatable bonds is 5. The van der Waals surface area contributed by atoms with Gasteiger partial charge < -0.3 is 5.32 Å². The number of benzene rings is 1. The topological polar surface area (TPSA) is 12.0 Å². The Kier molecular flexibility index (Phi) is 3.91. The van der Waals surface area contributed by atoms with Crippen LogP contribution < -0.4 is 5.32 Å². The van der Waals surface area contributed by atoms with Crippen LogP contribution in [0.1, 0.15) is 50.2 Å². The van der Waals surface area contributed by atoms with Gasteiger partial charge in [0, 0.05) is 10.8 Å². The number of nitrogens with one attached hydrogen (secondary N) is 1. The van der Waals surface area contributed by atoms with Crippen LogP contribution in [-0.4, -0.2) is 23.1 Å². The summed E-state index contributed by atoms with van der Waals surface area (Å²) in [6.45, 7) is 5.81. The standard InChI is InChI=1S/C17H25NS/c1-3-18-16(17(2)9-6-10-19-17)12-14-11-13-7-4-5-8-15(13)14/h4-5,7-8,14,16,18H,3,6,9-12H2,1-2H3. The fourth-order valence-electron chi connectivity index (χ4n) is 3.73. The van der Waals surface area contributed by atoms with Crippen LogP contribution in [0, 0.1) is 0 Å². The van der Waals surface area contributed by atoms with Crippen LogP contribution >= 0.6 is 11.8 Å². The van der Waals surface area contributed by atoms with Gasteiger partial charge in [-0.3, -0.25) is 0 Å². The minimum Gasteiger partial charge on any atom is -0.313 e. The van der Waals surface area contributed by atoms with E-state index in [2.05, 4.69) is 55.2 Å². The highest BCUT2D eigenvalue weighted by molar-refractivity contribution is 8.00. The molecule has 0 spiro atoms. The van der Waals surface area contributed by atoms with Crippen LogP contribution in [0.2, 0.25) is 0 Å². The van der Waals surface area contributed by atoms with E-state index in [1.165, 1.54) is 31.4 Å². The largest absolute Gasteiger partial charge is 0.313 e. The smallest absolute Gasteiger partial charge is 0.0285 e. The number of thioether (sulfide) groups is 1. The van der Waals surface area contributed by atoms with Gasteiger partial charge in [-0.25, -0.2) is 0 Å². The predicted octanol–water partition coefficient (Wildman–Crippen LogP) is 3.98. The minimum atomic E-state index is 0.459. The monoisotopic (exact) mass is 275 g/mol. The van der Waals surface area contributed by atoms with Gasteiger partial charge in [-0.2, -0.15) is 11.8 Å². The zero-order chi connectivity index (χ0) is 13.3. The van der Waals surface area contributed by atoms with Crippen LogP contribution in [0.25, 0.3) is 0 Å². The molecule has 3 rings (SSSR count). The van der Waals surface area contributed by atoms with Crippen molar-refractivity contribution in [3.05, 3.63) is 35.4 Å². The molecule has 0 amide bonds. The van der Waals surface area contributed by atoms with Gasteiger partial charge in [0.25, 0.3) is 0 Å². The average molecular weight is 275 g/mol. The SMILES string of the molecule is CCNC(CC1Cc2ccccc21)C1(C)CCCS1. The molecule has 1 aliphatic heterocycles. The Hall–Kier alpha value is -0.470. The third-order valence-corrected chi connectivity index (χ3v) is 6.56. The Morgan fingerprint density at radius 2 is 2.26 bits per heavy atom. The molecule has 1 fully saturated rings. The van der Waals surface area contributed by atoms with Crippen LogP contribution in [0.4, 0.5) is 0 Å². The van der Waals surface area contributed by atoms with Gasteiger partial charge in [-0.1, -0.05) is 31.2 Å². The maximum absolute atomic E-state index is 3.77. The van der Waals surface area contributed by atoms with E-state index >= 15 is 0 Å². The van der Waals surface area contributed by atoms with Gasteiger partial charge in [0.1, 0.15) is 0 Å². The molecule has 0 saturated carbocycles. The maximum Gasteiger partial charge on any atom is 0.0285 e. The highest BCUT2D eigenvalue weighted by Gasteiger charge is 2.40. The molecule has 1 N–H and O–H groups in total. The molecule has 2 heteroatoms. The average Bonchev–Trinajstić information content (AvgIpc) is 2.83. The summed E-state index contributed by atoms with van der Waals surface area (Å²) >= 11 is 2.19. The quantitative estimate of drug-likeness (QED) is 0.872. The second-order valence-corrected chi connectivity index (χ2v) is 7.84. The highest BCUT2D eigenvalue weighted by atomic mass is 32.2. The Morgan fingerprint density at radius 1 is 1.42 bits per heavy atom. The molecule has 0 radical (unpaired) electrons. The molecule has 1 heterocycles. The molecule has 19 heavy (non-hydrogen) atoms.